The number of anilines is 1. The molecule has 9 heteroatoms. The van der Waals surface area contributed by atoms with Crippen molar-refractivity contribution >= 4 is 21.6 Å². The second kappa shape index (κ2) is 10.3. The number of hydrogen-bond donors (Lipinski definition) is 1. The number of hydrogen-bond acceptors (Lipinski definition) is 6. The summed E-state index contributed by atoms with van der Waals surface area (Å²) in [5.41, 5.74) is 1.69. The number of nitrogens with one attached hydrogen (secondary N) is 1. The first kappa shape index (κ1) is 23.2. The van der Waals surface area contributed by atoms with E-state index in [9.17, 15) is 13.2 Å². The Kier molecular flexibility index (Phi) is 7.45. The Morgan fingerprint density at radius 3 is 2.44 bits per heavy atom. The number of sulfonamides is 1. The van der Waals surface area contributed by atoms with Crippen LogP contribution in [0.3, 0.4) is 0 Å². The molecule has 1 aromatic heterocycles. The lowest BCUT2D eigenvalue weighted by molar-refractivity contribution is 0.102. The van der Waals surface area contributed by atoms with Crippen LogP contribution in [0, 0.1) is 0 Å². The minimum atomic E-state index is -3.75. The van der Waals surface area contributed by atoms with Gasteiger partial charge in [0.1, 0.15) is 23.0 Å². The Labute approximate surface area is 187 Å². The van der Waals surface area contributed by atoms with Gasteiger partial charge in [-0.2, -0.15) is 0 Å². The molecule has 0 saturated heterocycles. The van der Waals surface area contributed by atoms with Crippen LogP contribution in [0.25, 0.3) is 0 Å². The Morgan fingerprint density at radius 1 is 1.06 bits per heavy atom. The number of rotatable bonds is 9. The molecule has 168 valence electrons. The summed E-state index contributed by atoms with van der Waals surface area (Å²) in [5, 5.41) is 2.73. The van der Waals surface area contributed by atoms with Gasteiger partial charge in [-0.05, 0) is 55.5 Å². The third kappa shape index (κ3) is 5.63. The number of pyridine rings is 1. The Balaban J connectivity index is 1.72. The van der Waals surface area contributed by atoms with Gasteiger partial charge < -0.3 is 14.8 Å². The summed E-state index contributed by atoms with van der Waals surface area (Å²) in [5.74, 6) is 0.473. The summed E-state index contributed by atoms with van der Waals surface area (Å²) in [6.45, 7) is 2.46. The molecule has 1 amide bonds. The van der Waals surface area contributed by atoms with Crippen molar-refractivity contribution in [3.63, 3.8) is 0 Å². The van der Waals surface area contributed by atoms with Gasteiger partial charge in [0.15, 0.2) is 0 Å². The number of carbonyl (C=O) groups excluding carboxylic acids is 1. The van der Waals surface area contributed by atoms with Crippen molar-refractivity contribution in [1.29, 1.82) is 0 Å². The number of carbonyl (C=O) groups is 1. The molecule has 2 aromatic carbocycles. The van der Waals surface area contributed by atoms with Gasteiger partial charge in [-0.1, -0.05) is 6.07 Å². The van der Waals surface area contributed by atoms with Crippen molar-refractivity contribution < 1.29 is 22.7 Å². The first-order chi connectivity index (χ1) is 15.3. The molecule has 0 spiro atoms. The van der Waals surface area contributed by atoms with Crippen molar-refractivity contribution in [3.05, 3.63) is 78.1 Å². The van der Waals surface area contributed by atoms with Gasteiger partial charge in [-0.15, -0.1) is 0 Å². The van der Waals surface area contributed by atoms with Gasteiger partial charge in [0, 0.05) is 43.3 Å². The lowest BCUT2D eigenvalue weighted by Crippen LogP contribution is -2.23. The van der Waals surface area contributed by atoms with Gasteiger partial charge in [0.25, 0.3) is 5.91 Å². The van der Waals surface area contributed by atoms with Crippen LogP contribution in [0.1, 0.15) is 22.8 Å². The van der Waals surface area contributed by atoms with E-state index in [2.05, 4.69) is 10.3 Å². The highest BCUT2D eigenvalue weighted by Crippen LogP contribution is 2.29. The van der Waals surface area contributed by atoms with Crippen molar-refractivity contribution in [2.75, 3.05) is 26.0 Å². The number of amides is 1. The van der Waals surface area contributed by atoms with Gasteiger partial charge in [0.05, 0.1) is 6.61 Å². The van der Waals surface area contributed by atoms with Gasteiger partial charge >= 0.3 is 0 Å². The molecular weight excluding hydrogens is 430 g/mol. The molecule has 1 heterocycles. The fourth-order valence-electron chi connectivity index (χ4n) is 2.81. The van der Waals surface area contributed by atoms with E-state index in [1.807, 2.05) is 12.1 Å². The number of ether oxygens (including phenoxy) is 2. The lowest BCUT2D eigenvalue weighted by atomic mass is 10.2. The summed E-state index contributed by atoms with van der Waals surface area (Å²) in [7, 11) is -0.874. The molecule has 0 radical (unpaired) electrons. The smallest absolute Gasteiger partial charge is 0.255 e. The molecule has 0 saturated carbocycles. The molecule has 0 aliphatic carbocycles. The van der Waals surface area contributed by atoms with Crippen molar-refractivity contribution in [2.45, 2.75) is 18.4 Å². The van der Waals surface area contributed by atoms with E-state index >= 15 is 0 Å². The molecule has 3 rings (SSSR count). The van der Waals surface area contributed by atoms with Crippen molar-refractivity contribution in [1.82, 2.24) is 9.29 Å². The summed E-state index contributed by atoms with van der Waals surface area (Å²) in [6, 6.07) is 15.0. The number of benzene rings is 2. The molecule has 0 aliphatic rings. The lowest BCUT2D eigenvalue weighted by Gasteiger charge is -2.16. The fourth-order valence-corrected chi connectivity index (χ4v) is 3.87. The Hall–Kier alpha value is -3.43. The number of aromatic nitrogens is 1. The third-order valence-electron chi connectivity index (χ3n) is 4.50. The maximum absolute atomic E-state index is 12.7. The minimum Gasteiger partial charge on any atom is -0.492 e. The molecule has 0 fully saturated rings. The van der Waals surface area contributed by atoms with E-state index in [0.29, 0.717) is 30.2 Å². The molecule has 0 bridgehead atoms. The predicted octanol–water partition coefficient (Wildman–Crippen LogP) is 3.56. The van der Waals surface area contributed by atoms with Crippen LogP contribution >= 0.6 is 0 Å². The summed E-state index contributed by atoms with van der Waals surface area (Å²) < 4.78 is 37.6. The zero-order chi connectivity index (χ0) is 23.1. The zero-order valence-electron chi connectivity index (χ0n) is 18.1. The van der Waals surface area contributed by atoms with Crippen LogP contribution in [-0.2, 0) is 16.6 Å². The van der Waals surface area contributed by atoms with Crippen LogP contribution in [0.5, 0.6) is 11.5 Å². The van der Waals surface area contributed by atoms with E-state index in [1.165, 1.54) is 26.2 Å². The standard InChI is InChI=1S/C23H25N3O5S/c1-4-30-21-12-9-19(14-22(21)32(28,29)26(2)3)25-23(27)18-7-10-20(11-8-18)31-16-17-6-5-13-24-15-17/h5-15H,4,16H2,1-3H3,(H,25,27). The van der Waals surface area contributed by atoms with Crippen molar-refractivity contribution in [2.24, 2.45) is 0 Å². The third-order valence-corrected chi connectivity index (χ3v) is 6.34. The fraction of sp³-hybridized carbons (Fsp3) is 0.217. The predicted molar refractivity (Wildman–Crippen MR) is 121 cm³/mol. The minimum absolute atomic E-state index is 0.0127. The van der Waals surface area contributed by atoms with Crippen LogP contribution in [0.2, 0.25) is 0 Å². The summed E-state index contributed by atoms with van der Waals surface area (Å²) in [6.07, 6.45) is 3.42. The van der Waals surface area contributed by atoms with Crippen LogP contribution in [-0.4, -0.2) is 44.3 Å². The monoisotopic (exact) mass is 455 g/mol. The summed E-state index contributed by atoms with van der Waals surface area (Å²) in [4.78, 5) is 16.7. The van der Waals surface area contributed by atoms with E-state index < -0.39 is 10.0 Å². The molecule has 32 heavy (non-hydrogen) atoms. The second-order valence-corrected chi connectivity index (χ2v) is 9.13. The molecule has 1 N–H and O–H groups in total. The quantitative estimate of drug-likeness (QED) is 0.530. The molecular formula is C23H25N3O5S. The van der Waals surface area contributed by atoms with Crippen LogP contribution in [0.4, 0.5) is 5.69 Å². The highest BCUT2D eigenvalue weighted by atomic mass is 32.2. The first-order valence-corrected chi connectivity index (χ1v) is 11.4. The average molecular weight is 456 g/mol. The van der Waals surface area contributed by atoms with Crippen molar-refractivity contribution in [3.8, 4) is 11.5 Å². The highest BCUT2D eigenvalue weighted by Gasteiger charge is 2.23. The maximum atomic E-state index is 12.7. The number of nitrogens with zero attached hydrogens (tertiary/aromatic N) is 2. The normalized spacial score (nSPS) is 11.2. The Morgan fingerprint density at radius 2 is 1.81 bits per heavy atom. The topological polar surface area (TPSA) is 97.8 Å². The van der Waals surface area contributed by atoms with Gasteiger partial charge in [-0.3, -0.25) is 9.78 Å². The van der Waals surface area contributed by atoms with E-state index in [1.54, 1.807) is 49.6 Å². The van der Waals surface area contributed by atoms with E-state index in [0.717, 1.165) is 9.87 Å². The van der Waals surface area contributed by atoms with E-state index in [-0.39, 0.29) is 16.6 Å². The van der Waals surface area contributed by atoms with Crippen LogP contribution < -0.4 is 14.8 Å². The van der Waals surface area contributed by atoms with E-state index in [4.69, 9.17) is 9.47 Å². The first-order valence-electron chi connectivity index (χ1n) is 9.93. The highest BCUT2D eigenvalue weighted by molar-refractivity contribution is 7.89. The average Bonchev–Trinajstić information content (AvgIpc) is 2.79. The maximum Gasteiger partial charge on any atom is 0.255 e. The molecule has 0 atom stereocenters. The van der Waals surface area contributed by atoms with Gasteiger partial charge in [0.2, 0.25) is 10.0 Å². The molecule has 3 aromatic rings. The molecule has 0 unspecified atom stereocenters. The van der Waals surface area contributed by atoms with Gasteiger partial charge in [-0.25, -0.2) is 12.7 Å². The molecule has 0 aliphatic heterocycles. The second-order valence-electron chi connectivity index (χ2n) is 7.01. The van der Waals surface area contributed by atoms with Crippen LogP contribution in [0.15, 0.2) is 71.9 Å². The Bertz CT molecular complexity index is 1160. The largest absolute Gasteiger partial charge is 0.492 e. The molecule has 8 nitrogen and oxygen atoms in total. The summed E-state index contributed by atoms with van der Waals surface area (Å²) >= 11 is 0. The zero-order valence-corrected chi connectivity index (χ0v) is 18.9. The SMILES string of the molecule is CCOc1ccc(NC(=O)c2ccc(OCc3cccnc3)cc2)cc1S(=O)(=O)N(C)C.